The second kappa shape index (κ2) is 4.04. The maximum atomic E-state index is 10.4. The molecule has 68 valence electrons. The monoisotopic (exact) mass is 172 g/mol. The molecule has 1 fully saturated rings. The molecule has 0 aromatic heterocycles. The van der Waals surface area contributed by atoms with E-state index in [0.717, 1.165) is 25.8 Å². The Labute approximate surface area is 70.5 Å². The summed E-state index contributed by atoms with van der Waals surface area (Å²) in [5.41, 5.74) is 0. The fraction of sp³-hybridized carbons (Fsp3) is 0.857. The number of carbonyl (C=O) groups excluding carboxylic acids is 1. The Morgan fingerprint density at radius 1 is 1.67 bits per heavy atom. The van der Waals surface area contributed by atoms with Crippen molar-refractivity contribution < 1.29 is 9.72 Å². The third-order valence-corrected chi connectivity index (χ3v) is 2.20. The van der Waals surface area contributed by atoms with E-state index in [9.17, 15) is 14.9 Å². The lowest BCUT2D eigenvalue weighted by Gasteiger charge is -2.17. The molecule has 5 heteroatoms. The minimum absolute atomic E-state index is 0.0327. The first kappa shape index (κ1) is 8.96. The maximum Gasteiger partial charge on any atom is 0.209 e. The number of likely N-dealkylation sites (tertiary alicyclic amines) is 1. The van der Waals surface area contributed by atoms with E-state index in [1.807, 2.05) is 0 Å². The standard InChI is InChI=1S/C7H12N2O3/c10-6-8-4-1-2-7(8)3-5-9(11)12/h6-7H,1-5H2. The van der Waals surface area contributed by atoms with Crippen molar-refractivity contribution in [1.29, 1.82) is 0 Å². The molecule has 1 saturated heterocycles. The van der Waals surface area contributed by atoms with Gasteiger partial charge in [0.15, 0.2) is 0 Å². The highest BCUT2D eigenvalue weighted by atomic mass is 16.6. The summed E-state index contributed by atoms with van der Waals surface area (Å²) in [4.78, 5) is 21.8. The van der Waals surface area contributed by atoms with E-state index in [1.165, 1.54) is 0 Å². The first-order valence-electron chi connectivity index (χ1n) is 4.07. The van der Waals surface area contributed by atoms with E-state index >= 15 is 0 Å². The minimum Gasteiger partial charge on any atom is -0.342 e. The van der Waals surface area contributed by atoms with Crippen molar-refractivity contribution >= 4 is 6.41 Å². The smallest absolute Gasteiger partial charge is 0.209 e. The second-order valence-corrected chi connectivity index (χ2v) is 2.98. The molecule has 1 amide bonds. The maximum absolute atomic E-state index is 10.4. The van der Waals surface area contributed by atoms with Gasteiger partial charge in [0.25, 0.3) is 0 Å². The summed E-state index contributed by atoms with van der Waals surface area (Å²) < 4.78 is 0. The summed E-state index contributed by atoms with van der Waals surface area (Å²) in [5.74, 6) is 0. The predicted molar refractivity (Wildman–Crippen MR) is 42.3 cm³/mol. The molecule has 0 bridgehead atoms. The highest BCUT2D eigenvalue weighted by Gasteiger charge is 2.23. The molecule has 1 atom stereocenters. The Morgan fingerprint density at radius 2 is 2.42 bits per heavy atom. The van der Waals surface area contributed by atoms with Crippen LogP contribution >= 0.6 is 0 Å². The molecular weight excluding hydrogens is 160 g/mol. The summed E-state index contributed by atoms with van der Waals surface area (Å²) >= 11 is 0. The van der Waals surface area contributed by atoms with Gasteiger partial charge >= 0.3 is 0 Å². The Balaban J connectivity index is 2.30. The number of nitro groups is 1. The van der Waals surface area contributed by atoms with Crippen LogP contribution in [0.2, 0.25) is 0 Å². The van der Waals surface area contributed by atoms with Gasteiger partial charge in [-0.25, -0.2) is 0 Å². The molecule has 0 saturated carbocycles. The summed E-state index contributed by atoms with van der Waals surface area (Å²) in [6.45, 7) is 0.723. The molecule has 0 aromatic carbocycles. The van der Waals surface area contributed by atoms with Crippen LogP contribution in [0.3, 0.4) is 0 Å². The lowest BCUT2D eigenvalue weighted by atomic mass is 10.1. The molecule has 1 aliphatic rings. The van der Waals surface area contributed by atoms with Crippen LogP contribution in [0.1, 0.15) is 19.3 Å². The van der Waals surface area contributed by atoms with Crippen LogP contribution in [0.5, 0.6) is 0 Å². The molecular formula is C7H12N2O3. The van der Waals surface area contributed by atoms with Gasteiger partial charge in [0.2, 0.25) is 13.0 Å². The zero-order valence-corrected chi connectivity index (χ0v) is 6.81. The highest BCUT2D eigenvalue weighted by Crippen LogP contribution is 2.17. The van der Waals surface area contributed by atoms with Gasteiger partial charge in [-0.3, -0.25) is 14.9 Å². The van der Waals surface area contributed by atoms with Crippen LogP contribution < -0.4 is 0 Å². The minimum atomic E-state index is -0.332. The molecule has 0 spiro atoms. The molecule has 0 aromatic rings. The highest BCUT2D eigenvalue weighted by molar-refractivity contribution is 5.48. The number of hydrogen-bond donors (Lipinski definition) is 0. The Bertz CT molecular complexity index is 183. The summed E-state index contributed by atoms with van der Waals surface area (Å²) in [6.07, 6.45) is 3.16. The Kier molecular flexibility index (Phi) is 3.01. The predicted octanol–water partition coefficient (Wildman–Crippen LogP) is 0.274. The van der Waals surface area contributed by atoms with Gasteiger partial charge in [-0.15, -0.1) is 0 Å². The SMILES string of the molecule is O=CN1CCCC1CC[N+](=O)[O-]. The Morgan fingerprint density at radius 3 is 3.00 bits per heavy atom. The molecule has 12 heavy (non-hydrogen) atoms. The van der Waals surface area contributed by atoms with Gasteiger partial charge in [0.05, 0.1) is 0 Å². The lowest BCUT2D eigenvalue weighted by molar-refractivity contribution is -0.481. The van der Waals surface area contributed by atoms with E-state index in [1.54, 1.807) is 4.90 Å². The van der Waals surface area contributed by atoms with Gasteiger partial charge in [0, 0.05) is 23.9 Å². The zero-order valence-electron chi connectivity index (χ0n) is 6.81. The largest absolute Gasteiger partial charge is 0.342 e. The first-order valence-corrected chi connectivity index (χ1v) is 4.07. The zero-order chi connectivity index (χ0) is 8.97. The van der Waals surface area contributed by atoms with Crippen molar-refractivity contribution in [1.82, 2.24) is 4.90 Å². The van der Waals surface area contributed by atoms with Crippen molar-refractivity contribution in [2.24, 2.45) is 0 Å². The van der Waals surface area contributed by atoms with Gasteiger partial charge < -0.3 is 4.90 Å². The normalized spacial score (nSPS) is 22.7. The number of rotatable bonds is 4. The van der Waals surface area contributed by atoms with Gasteiger partial charge in [0.1, 0.15) is 0 Å². The van der Waals surface area contributed by atoms with Crippen LogP contribution in [0, 0.1) is 10.1 Å². The molecule has 1 heterocycles. The average molecular weight is 172 g/mol. The van der Waals surface area contributed by atoms with E-state index in [0.29, 0.717) is 6.42 Å². The van der Waals surface area contributed by atoms with Crippen LogP contribution in [0.4, 0.5) is 0 Å². The van der Waals surface area contributed by atoms with Crippen molar-refractivity contribution in [3.8, 4) is 0 Å². The van der Waals surface area contributed by atoms with Crippen molar-refractivity contribution in [3.63, 3.8) is 0 Å². The van der Waals surface area contributed by atoms with Crippen LogP contribution in [-0.4, -0.2) is 35.4 Å². The van der Waals surface area contributed by atoms with E-state index in [-0.39, 0.29) is 17.5 Å². The Hall–Kier alpha value is -1.13. The lowest BCUT2D eigenvalue weighted by Crippen LogP contribution is -2.29. The summed E-state index contributed by atoms with van der Waals surface area (Å²) in [5, 5.41) is 10.0. The van der Waals surface area contributed by atoms with Gasteiger partial charge in [-0.1, -0.05) is 0 Å². The third kappa shape index (κ3) is 2.18. The number of hydrogen-bond acceptors (Lipinski definition) is 3. The molecule has 1 unspecified atom stereocenters. The van der Waals surface area contributed by atoms with Crippen molar-refractivity contribution in [2.45, 2.75) is 25.3 Å². The molecule has 0 radical (unpaired) electrons. The van der Waals surface area contributed by atoms with Gasteiger partial charge in [-0.05, 0) is 12.8 Å². The number of nitrogens with zero attached hydrogens (tertiary/aromatic N) is 2. The van der Waals surface area contributed by atoms with Crippen molar-refractivity contribution in [2.75, 3.05) is 13.1 Å². The topological polar surface area (TPSA) is 63.5 Å². The molecule has 0 N–H and O–H groups in total. The van der Waals surface area contributed by atoms with E-state index < -0.39 is 0 Å². The first-order chi connectivity index (χ1) is 5.74. The number of amides is 1. The fourth-order valence-electron chi connectivity index (χ4n) is 1.56. The van der Waals surface area contributed by atoms with Crippen LogP contribution in [-0.2, 0) is 4.79 Å². The number of carbonyl (C=O) groups is 1. The van der Waals surface area contributed by atoms with Gasteiger partial charge in [-0.2, -0.15) is 0 Å². The molecule has 1 aliphatic heterocycles. The summed E-state index contributed by atoms with van der Waals surface area (Å²) in [7, 11) is 0. The molecule has 1 rings (SSSR count). The van der Waals surface area contributed by atoms with Crippen LogP contribution in [0.15, 0.2) is 0 Å². The fourth-order valence-corrected chi connectivity index (χ4v) is 1.56. The quantitative estimate of drug-likeness (QED) is 0.347. The van der Waals surface area contributed by atoms with Crippen LogP contribution in [0.25, 0.3) is 0 Å². The van der Waals surface area contributed by atoms with E-state index in [4.69, 9.17) is 0 Å². The van der Waals surface area contributed by atoms with E-state index in [2.05, 4.69) is 0 Å². The average Bonchev–Trinajstić information content (AvgIpc) is 2.47. The molecule has 0 aliphatic carbocycles. The second-order valence-electron chi connectivity index (χ2n) is 2.98. The summed E-state index contributed by atoms with van der Waals surface area (Å²) in [6, 6.07) is 0.105. The van der Waals surface area contributed by atoms with Crippen molar-refractivity contribution in [3.05, 3.63) is 10.1 Å². The molecule has 5 nitrogen and oxygen atoms in total. The third-order valence-electron chi connectivity index (χ3n) is 2.20.